The Morgan fingerprint density at radius 3 is 2.56 bits per heavy atom. The molecule has 0 fully saturated rings. The number of aryl methyl sites for hydroxylation is 2. The Bertz CT molecular complexity index is 1320. The Morgan fingerprint density at radius 2 is 1.88 bits per heavy atom. The molecule has 5 nitrogen and oxygen atoms in total. The van der Waals surface area contributed by atoms with Crippen LogP contribution in [0.25, 0.3) is 6.08 Å². The lowest BCUT2D eigenvalue weighted by atomic mass is 10.1. The fourth-order valence-electron chi connectivity index (χ4n) is 3.12. The topological polar surface area (TPSA) is 71.3 Å². The van der Waals surface area contributed by atoms with Crippen molar-refractivity contribution >= 4 is 56.8 Å². The highest BCUT2D eigenvalue weighted by Crippen LogP contribution is 2.38. The Kier molecular flexibility index (Phi) is 8.62. The summed E-state index contributed by atoms with van der Waals surface area (Å²) in [5, 5.41) is 13.3. The highest BCUT2D eigenvalue weighted by Gasteiger charge is 2.15. The molecule has 0 saturated heterocycles. The number of carbonyl (C=O) groups is 1. The van der Waals surface area contributed by atoms with Gasteiger partial charge in [0.1, 0.15) is 18.2 Å². The summed E-state index contributed by atoms with van der Waals surface area (Å²) in [5.41, 5.74) is 3.97. The molecule has 3 rings (SSSR count). The van der Waals surface area contributed by atoms with Gasteiger partial charge in [-0.2, -0.15) is 5.26 Å². The number of nitriles is 1. The minimum absolute atomic E-state index is 0.0423. The molecule has 3 aromatic carbocycles. The normalized spacial score (nSPS) is 11.0. The van der Waals surface area contributed by atoms with Gasteiger partial charge in [0.15, 0.2) is 11.5 Å². The lowest BCUT2D eigenvalue weighted by molar-refractivity contribution is -0.112. The van der Waals surface area contributed by atoms with Gasteiger partial charge in [-0.05, 0) is 88.4 Å². The molecule has 0 aromatic heterocycles. The highest BCUT2D eigenvalue weighted by atomic mass is 79.9. The number of carbonyl (C=O) groups excluding carboxylic acids is 1. The van der Waals surface area contributed by atoms with Gasteiger partial charge in [-0.1, -0.05) is 41.4 Å². The second-order valence-electron chi connectivity index (χ2n) is 7.51. The van der Waals surface area contributed by atoms with Crippen molar-refractivity contribution in [1.82, 2.24) is 0 Å². The Balaban J connectivity index is 1.83. The monoisotopic (exact) mass is 558 g/mol. The second-order valence-corrected chi connectivity index (χ2v) is 9.18. The van der Waals surface area contributed by atoms with Gasteiger partial charge in [0.25, 0.3) is 5.91 Å². The van der Waals surface area contributed by atoms with Crippen LogP contribution in [0.1, 0.15) is 22.3 Å². The zero-order valence-corrected chi connectivity index (χ0v) is 21.8. The average molecular weight is 560 g/mol. The van der Waals surface area contributed by atoms with Crippen molar-refractivity contribution in [3.63, 3.8) is 0 Å². The van der Waals surface area contributed by atoms with E-state index in [1.807, 2.05) is 44.2 Å². The molecule has 0 aliphatic heterocycles. The first-order chi connectivity index (χ1) is 16.2. The third-order valence-corrected chi connectivity index (χ3v) is 6.26. The number of rotatable bonds is 7. The molecule has 0 bridgehead atoms. The molecule has 0 saturated carbocycles. The number of nitrogens with one attached hydrogen (secondary N) is 1. The first-order valence-electron chi connectivity index (χ1n) is 10.2. The van der Waals surface area contributed by atoms with Gasteiger partial charge >= 0.3 is 0 Å². The van der Waals surface area contributed by atoms with Crippen molar-refractivity contribution in [1.29, 1.82) is 5.26 Å². The summed E-state index contributed by atoms with van der Waals surface area (Å²) >= 11 is 15.5. The minimum Gasteiger partial charge on any atom is -0.493 e. The van der Waals surface area contributed by atoms with E-state index in [1.165, 1.54) is 13.2 Å². The molecule has 0 radical (unpaired) electrons. The molecule has 0 unspecified atom stereocenters. The van der Waals surface area contributed by atoms with Crippen LogP contribution in [0.15, 0.2) is 58.6 Å². The average Bonchev–Trinajstić information content (AvgIpc) is 2.80. The maximum Gasteiger partial charge on any atom is 0.266 e. The van der Waals surface area contributed by atoms with E-state index in [4.69, 9.17) is 32.7 Å². The summed E-state index contributed by atoms with van der Waals surface area (Å²) in [6.45, 7) is 4.07. The van der Waals surface area contributed by atoms with E-state index in [0.717, 1.165) is 16.7 Å². The van der Waals surface area contributed by atoms with Crippen LogP contribution in [-0.4, -0.2) is 13.0 Å². The van der Waals surface area contributed by atoms with E-state index in [-0.39, 0.29) is 12.2 Å². The van der Waals surface area contributed by atoms with E-state index < -0.39 is 5.91 Å². The van der Waals surface area contributed by atoms with Gasteiger partial charge in [0.05, 0.1) is 21.6 Å². The van der Waals surface area contributed by atoms with Crippen LogP contribution >= 0.6 is 39.1 Å². The summed E-state index contributed by atoms with van der Waals surface area (Å²) in [5.74, 6) is 0.420. The summed E-state index contributed by atoms with van der Waals surface area (Å²) < 4.78 is 12.0. The van der Waals surface area contributed by atoms with Gasteiger partial charge in [-0.15, -0.1) is 0 Å². The Hall–Kier alpha value is -2.98. The molecule has 0 aliphatic carbocycles. The molecular formula is C26H21BrCl2N2O3. The van der Waals surface area contributed by atoms with Crippen LogP contribution in [0.2, 0.25) is 10.0 Å². The van der Waals surface area contributed by atoms with Crippen LogP contribution in [-0.2, 0) is 11.4 Å². The zero-order valence-electron chi connectivity index (χ0n) is 18.7. The van der Waals surface area contributed by atoms with E-state index in [1.54, 1.807) is 24.3 Å². The molecule has 8 heteroatoms. The SMILES string of the molecule is COc1cc(/C=C(\C#N)C(=O)Nc2cc(C)ccc2C)cc(Br)c1OCc1ccc(Cl)c(Cl)c1. The smallest absolute Gasteiger partial charge is 0.266 e. The lowest BCUT2D eigenvalue weighted by Crippen LogP contribution is -2.14. The standard InChI is InChI=1S/C26H21BrCl2N2O3/c1-15-4-5-16(2)23(8-15)31-26(32)19(13-30)9-18-10-20(27)25(24(12-18)33-3)34-14-17-6-7-21(28)22(29)11-17/h4-12H,14H2,1-3H3,(H,31,32)/b19-9+. The number of anilines is 1. The summed E-state index contributed by atoms with van der Waals surface area (Å²) in [6.07, 6.45) is 1.50. The summed E-state index contributed by atoms with van der Waals surface area (Å²) in [7, 11) is 1.51. The third kappa shape index (κ3) is 6.32. The first kappa shape index (κ1) is 25.6. The van der Waals surface area contributed by atoms with E-state index in [0.29, 0.717) is 37.3 Å². The van der Waals surface area contributed by atoms with Crippen molar-refractivity contribution in [2.24, 2.45) is 0 Å². The predicted octanol–water partition coefficient (Wildman–Crippen LogP) is 7.51. The Morgan fingerprint density at radius 1 is 1.12 bits per heavy atom. The van der Waals surface area contributed by atoms with Gasteiger partial charge in [0.2, 0.25) is 0 Å². The quantitative estimate of drug-likeness (QED) is 0.240. The number of halogens is 3. The first-order valence-corrected chi connectivity index (χ1v) is 11.7. The largest absolute Gasteiger partial charge is 0.493 e. The lowest BCUT2D eigenvalue weighted by Gasteiger charge is -2.14. The third-order valence-electron chi connectivity index (χ3n) is 4.94. The van der Waals surface area contributed by atoms with E-state index >= 15 is 0 Å². The van der Waals surface area contributed by atoms with Gasteiger partial charge in [-0.3, -0.25) is 4.79 Å². The molecular weight excluding hydrogens is 539 g/mol. The van der Waals surface area contributed by atoms with Gasteiger partial charge in [0, 0.05) is 5.69 Å². The summed E-state index contributed by atoms with van der Waals surface area (Å²) in [4.78, 5) is 12.7. The number of nitrogens with zero attached hydrogens (tertiary/aromatic N) is 1. The van der Waals surface area contributed by atoms with Crippen molar-refractivity contribution in [2.75, 3.05) is 12.4 Å². The Labute approximate surface area is 217 Å². The fraction of sp³-hybridized carbons (Fsp3) is 0.154. The maximum atomic E-state index is 12.7. The van der Waals surface area contributed by atoms with Crippen LogP contribution < -0.4 is 14.8 Å². The number of hydrogen-bond donors (Lipinski definition) is 1. The molecule has 0 atom stereocenters. The van der Waals surface area contributed by atoms with E-state index in [2.05, 4.69) is 21.2 Å². The maximum absolute atomic E-state index is 12.7. The summed E-state index contributed by atoms with van der Waals surface area (Å²) in [6, 6.07) is 16.4. The van der Waals surface area contributed by atoms with Gasteiger partial charge < -0.3 is 14.8 Å². The molecule has 0 spiro atoms. The van der Waals surface area contributed by atoms with Crippen molar-refractivity contribution < 1.29 is 14.3 Å². The molecule has 34 heavy (non-hydrogen) atoms. The highest BCUT2D eigenvalue weighted by molar-refractivity contribution is 9.10. The van der Waals surface area contributed by atoms with Gasteiger partial charge in [-0.25, -0.2) is 0 Å². The van der Waals surface area contributed by atoms with Crippen LogP contribution in [0.3, 0.4) is 0 Å². The number of benzene rings is 3. The van der Waals surface area contributed by atoms with Crippen LogP contribution in [0.4, 0.5) is 5.69 Å². The van der Waals surface area contributed by atoms with E-state index in [9.17, 15) is 10.1 Å². The molecule has 174 valence electrons. The van der Waals surface area contributed by atoms with Crippen molar-refractivity contribution in [2.45, 2.75) is 20.5 Å². The molecule has 3 aromatic rings. The number of ether oxygens (including phenoxy) is 2. The van der Waals surface area contributed by atoms with Crippen LogP contribution in [0, 0.1) is 25.2 Å². The molecule has 1 N–H and O–H groups in total. The number of methoxy groups -OCH3 is 1. The molecule has 0 heterocycles. The predicted molar refractivity (Wildman–Crippen MR) is 140 cm³/mol. The fourth-order valence-corrected chi connectivity index (χ4v) is 4.02. The zero-order chi connectivity index (χ0) is 24.8. The number of hydrogen-bond acceptors (Lipinski definition) is 4. The molecule has 1 amide bonds. The minimum atomic E-state index is -0.494. The second kappa shape index (κ2) is 11.4. The van der Waals surface area contributed by atoms with Crippen molar-refractivity contribution in [3.05, 3.63) is 90.9 Å². The molecule has 0 aliphatic rings. The van der Waals surface area contributed by atoms with Crippen LogP contribution in [0.5, 0.6) is 11.5 Å². The number of amides is 1. The van der Waals surface area contributed by atoms with Crippen molar-refractivity contribution in [3.8, 4) is 17.6 Å².